The van der Waals surface area contributed by atoms with Crippen molar-refractivity contribution in [1.29, 1.82) is 0 Å². The number of hydrogen-bond donors (Lipinski definition) is 4. The maximum atomic E-state index is 5.12. The maximum absolute atomic E-state index is 5.12. The van der Waals surface area contributed by atoms with Crippen LogP contribution in [0, 0.1) is 13.8 Å². The lowest BCUT2D eigenvalue weighted by Crippen LogP contribution is -2.47. The standard InChI is InChI=1S/C11H16N4S2/c1-7-4-8(2)6-9(5-7)13-11(17)15-14-10(16)12-3/h4-6H,1-3H3,(H2,12,14,16)(H2,13,15,17). The minimum atomic E-state index is 0.465. The van der Waals surface area contributed by atoms with Crippen LogP contribution in [0.1, 0.15) is 11.1 Å². The summed E-state index contributed by atoms with van der Waals surface area (Å²) in [6, 6.07) is 6.16. The van der Waals surface area contributed by atoms with Gasteiger partial charge >= 0.3 is 0 Å². The Hall–Kier alpha value is -1.40. The molecule has 0 atom stereocenters. The van der Waals surface area contributed by atoms with Gasteiger partial charge in [0.05, 0.1) is 0 Å². The van der Waals surface area contributed by atoms with Crippen molar-refractivity contribution in [2.75, 3.05) is 12.4 Å². The molecule has 0 bridgehead atoms. The smallest absolute Gasteiger partial charge is 0.189 e. The molecule has 92 valence electrons. The first kappa shape index (κ1) is 13.7. The van der Waals surface area contributed by atoms with Gasteiger partial charge in [0.15, 0.2) is 10.2 Å². The average molecular weight is 268 g/mol. The maximum Gasteiger partial charge on any atom is 0.189 e. The van der Waals surface area contributed by atoms with Gasteiger partial charge in [0, 0.05) is 12.7 Å². The number of aryl methyl sites for hydroxylation is 2. The molecule has 0 heterocycles. The number of anilines is 1. The van der Waals surface area contributed by atoms with Crippen LogP contribution in [0.25, 0.3) is 0 Å². The van der Waals surface area contributed by atoms with E-state index < -0.39 is 0 Å². The summed E-state index contributed by atoms with van der Waals surface area (Å²) in [4.78, 5) is 0. The van der Waals surface area contributed by atoms with Crippen molar-refractivity contribution in [3.8, 4) is 0 Å². The first-order valence-corrected chi connectivity index (χ1v) is 5.96. The number of nitrogens with one attached hydrogen (secondary N) is 4. The molecule has 0 saturated heterocycles. The van der Waals surface area contributed by atoms with Gasteiger partial charge in [-0.05, 0) is 61.5 Å². The molecular formula is C11H16N4S2. The SMILES string of the molecule is CNC(=S)NNC(=S)Nc1cc(C)cc(C)c1. The normalized spacial score (nSPS) is 9.35. The highest BCUT2D eigenvalue weighted by atomic mass is 32.1. The highest BCUT2D eigenvalue weighted by Crippen LogP contribution is 2.13. The van der Waals surface area contributed by atoms with Crippen LogP contribution >= 0.6 is 24.4 Å². The van der Waals surface area contributed by atoms with Gasteiger partial charge in [-0.25, -0.2) is 0 Å². The molecule has 0 radical (unpaired) electrons. The molecule has 1 aromatic carbocycles. The molecule has 0 aliphatic rings. The van der Waals surface area contributed by atoms with E-state index in [-0.39, 0.29) is 0 Å². The van der Waals surface area contributed by atoms with Crippen LogP contribution in [0.4, 0.5) is 5.69 Å². The summed E-state index contributed by atoms with van der Waals surface area (Å²) >= 11 is 10.0. The predicted molar refractivity (Wildman–Crippen MR) is 80.1 cm³/mol. The second kappa shape index (κ2) is 6.36. The van der Waals surface area contributed by atoms with Crippen LogP contribution in [0.5, 0.6) is 0 Å². The van der Waals surface area contributed by atoms with Crippen LogP contribution in [0.15, 0.2) is 18.2 Å². The summed E-state index contributed by atoms with van der Waals surface area (Å²) < 4.78 is 0. The summed E-state index contributed by atoms with van der Waals surface area (Å²) in [5.41, 5.74) is 8.87. The van der Waals surface area contributed by atoms with E-state index in [1.165, 1.54) is 11.1 Å². The second-order valence-corrected chi connectivity index (χ2v) is 4.48. The molecule has 4 N–H and O–H groups in total. The van der Waals surface area contributed by atoms with Crippen molar-refractivity contribution in [3.05, 3.63) is 29.3 Å². The van der Waals surface area contributed by atoms with Crippen molar-refractivity contribution in [1.82, 2.24) is 16.2 Å². The monoisotopic (exact) mass is 268 g/mol. The molecule has 0 aliphatic heterocycles. The minimum absolute atomic E-state index is 0.465. The summed E-state index contributed by atoms with van der Waals surface area (Å²) in [5, 5.41) is 6.79. The number of hydrogen-bond acceptors (Lipinski definition) is 2. The van der Waals surface area contributed by atoms with Crippen molar-refractivity contribution in [2.45, 2.75) is 13.8 Å². The Labute approximate surface area is 112 Å². The molecule has 1 rings (SSSR count). The largest absolute Gasteiger partial charge is 0.364 e. The van der Waals surface area contributed by atoms with E-state index in [0.29, 0.717) is 10.2 Å². The Kier molecular flexibility index (Phi) is 5.11. The Bertz CT molecular complexity index is 411. The van der Waals surface area contributed by atoms with E-state index >= 15 is 0 Å². The molecule has 17 heavy (non-hydrogen) atoms. The lowest BCUT2D eigenvalue weighted by Gasteiger charge is -2.13. The number of rotatable bonds is 1. The molecule has 0 saturated carbocycles. The first-order chi connectivity index (χ1) is 8.01. The predicted octanol–water partition coefficient (Wildman–Crippen LogP) is 1.60. The fourth-order valence-electron chi connectivity index (χ4n) is 1.39. The third kappa shape index (κ3) is 4.97. The quantitative estimate of drug-likeness (QED) is 0.458. The topological polar surface area (TPSA) is 48.1 Å². The fraction of sp³-hybridized carbons (Fsp3) is 0.273. The van der Waals surface area contributed by atoms with Crippen LogP contribution < -0.4 is 21.5 Å². The minimum Gasteiger partial charge on any atom is -0.364 e. The zero-order valence-electron chi connectivity index (χ0n) is 10.0. The van der Waals surface area contributed by atoms with E-state index in [4.69, 9.17) is 24.4 Å². The third-order valence-electron chi connectivity index (χ3n) is 2.00. The van der Waals surface area contributed by atoms with E-state index in [9.17, 15) is 0 Å². The second-order valence-electron chi connectivity index (χ2n) is 3.66. The Morgan fingerprint density at radius 1 is 0.941 bits per heavy atom. The lowest BCUT2D eigenvalue weighted by molar-refractivity contribution is 0.853. The van der Waals surface area contributed by atoms with Gasteiger partial charge in [-0.1, -0.05) is 6.07 Å². The van der Waals surface area contributed by atoms with Crippen molar-refractivity contribution in [3.63, 3.8) is 0 Å². The molecule has 1 aromatic rings. The summed E-state index contributed by atoms with van der Waals surface area (Å²) in [6.07, 6.45) is 0. The first-order valence-electron chi connectivity index (χ1n) is 5.14. The zero-order valence-corrected chi connectivity index (χ0v) is 11.7. The summed E-state index contributed by atoms with van der Waals surface area (Å²) in [5.74, 6) is 0. The zero-order chi connectivity index (χ0) is 12.8. The van der Waals surface area contributed by atoms with Gasteiger partial charge < -0.3 is 10.6 Å². The van der Waals surface area contributed by atoms with Crippen molar-refractivity contribution >= 4 is 40.3 Å². The van der Waals surface area contributed by atoms with Gasteiger partial charge in [-0.15, -0.1) is 0 Å². The van der Waals surface area contributed by atoms with Gasteiger partial charge in [0.2, 0.25) is 0 Å². The number of hydrazine groups is 1. The van der Waals surface area contributed by atoms with Crippen molar-refractivity contribution in [2.24, 2.45) is 0 Å². The van der Waals surface area contributed by atoms with Crippen LogP contribution in [0.3, 0.4) is 0 Å². The van der Waals surface area contributed by atoms with Gasteiger partial charge in [0.25, 0.3) is 0 Å². The fourth-order valence-corrected chi connectivity index (χ4v) is 1.61. The van der Waals surface area contributed by atoms with Gasteiger partial charge in [-0.3, -0.25) is 10.9 Å². The van der Waals surface area contributed by atoms with Crippen LogP contribution in [-0.4, -0.2) is 17.3 Å². The molecule has 4 nitrogen and oxygen atoms in total. The molecule has 6 heteroatoms. The molecular weight excluding hydrogens is 252 g/mol. The van der Waals surface area contributed by atoms with E-state index in [1.54, 1.807) is 7.05 Å². The molecule has 0 amide bonds. The lowest BCUT2D eigenvalue weighted by atomic mass is 10.1. The number of benzene rings is 1. The van der Waals surface area contributed by atoms with Gasteiger partial charge in [-0.2, -0.15) is 0 Å². The molecule has 0 aromatic heterocycles. The van der Waals surface area contributed by atoms with Crippen LogP contribution in [-0.2, 0) is 0 Å². The van der Waals surface area contributed by atoms with E-state index in [1.807, 2.05) is 26.0 Å². The van der Waals surface area contributed by atoms with Crippen molar-refractivity contribution < 1.29 is 0 Å². The molecule has 0 aliphatic carbocycles. The Balaban J connectivity index is 2.53. The summed E-state index contributed by atoms with van der Waals surface area (Å²) in [7, 11) is 1.73. The highest BCUT2D eigenvalue weighted by Gasteiger charge is 1.99. The highest BCUT2D eigenvalue weighted by molar-refractivity contribution is 7.80. The van der Waals surface area contributed by atoms with Gasteiger partial charge in [0.1, 0.15) is 0 Å². The van der Waals surface area contributed by atoms with E-state index in [0.717, 1.165) is 5.69 Å². The molecule has 0 unspecified atom stereocenters. The third-order valence-corrected chi connectivity index (χ3v) is 2.51. The van der Waals surface area contributed by atoms with Crippen LogP contribution in [0.2, 0.25) is 0 Å². The Morgan fingerprint density at radius 2 is 1.47 bits per heavy atom. The Morgan fingerprint density at radius 3 is 2.00 bits per heavy atom. The van der Waals surface area contributed by atoms with E-state index in [2.05, 4.69) is 27.6 Å². The summed E-state index contributed by atoms with van der Waals surface area (Å²) in [6.45, 7) is 4.09. The number of thiocarbonyl (C=S) groups is 2. The molecule has 0 spiro atoms. The molecule has 0 fully saturated rings. The average Bonchev–Trinajstić information content (AvgIpc) is 2.24.